The molecule has 8 saturated heterocycles. The number of carbonyl (C=O) groups excluding carboxylic acids is 4. The molecule has 0 radical (unpaired) electrons. The number of carbonyl (C=O) groups is 4. The van der Waals surface area contributed by atoms with Crippen LogP contribution in [0.15, 0.2) is 48.5 Å². The van der Waals surface area contributed by atoms with Crippen molar-refractivity contribution >= 4 is 97.8 Å². The average molecular weight is 793 g/mol. The number of amides is 4. The van der Waals surface area contributed by atoms with Gasteiger partial charge in [0.05, 0.1) is 24.0 Å². The lowest BCUT2D eigenvalue weighted by Crippen LogP contribution is -2.75. The molecule has 12 rings (SSSR count). The molecular formula is C30H28N6O8S6. The molecule has 50 heavy (non-hydrogen) atoms. The maximum Gasteiger partial charge on any atom is 0.265 e. The van der Waals surface area contributed by atoms with E-state index in [1.165, 1.54) is 33.7 Å². The first-order valence-electron chi connectivity index (χ1n) is 15.6. The summed E-state index contributed by atoms with van der Waals surface area (Å²) < 4.78 is 0. The molecule has 14 nitrogen and oxygen atoms in total. The Morgan fingerprint density at radius 2 is 1.00 bits per heavy atom. The first-order valence-corrected chi connectivity index (χ1v) is 22.5. The van der Waals surface area contributed by atoms with Crippen molar-refractivity contribution in [3.8, 4) is 0 Å². The average Bonchev–Trinajstić information content (AvgIpc) is 3.65. The lowest BCUT2D eigenvalue weighted by atomic mass is 9.52. The molecular weight excluding hydrogens is 765 g/mol. The van der Waals surface area contributed by atoms with E-state index < -0.39 is 91.7 Å². The summed E-state index contributed by atoms with van der Waals surface area (Å²) in [5, 5.41) is 55.4. The monoisotopic (exact) mass is 792 g/mol. The van der Waals surface area contributed by atoms with Crippen LogP contribution in [0, 0.1) is 0 Å². The fourth-order valence-electron chi connectivity index (χ4n) is 10.0. The zero-order valence-corrected chi connectivity index (χ0v) is 30.9. The molecule has 10 aliphatic rings. The number of nitrogens with zero attached hydrogens (tertiary/aromatic N) is 4. The molecule has 2 aromatic carbocycles. The largest absolute Gasteiger partial charge is 0.392 e. The van der Waals surface area contributed by atoms with Crippen molar-refractivity contribution in [3.63, 3.8) is 0 Å². The van der Waals surface area contributed by atoms with Crippen LogP contribution in [0.25, 0.3) is 0 Å². The van der Waals surface area contributed by atoms with Gasteiger partial charge in [0, 0.05) is 25.5 Å². The van der Waals surface area contributed by atoms with Crippen LogP contribution < -0.4 is 10.6 Å². The van der Waals surface area contributed by atoms with Crippen LogP contribution in [0.2, 0.25) is 0 Å². The van der Waals surface area contributed by atoms with Gasteiger partial charge in [-0.05, 0) is 86.1 Å². The van der Waals surface area contributed by atoms with Crippen LogP contribution in [0.1, 0.15) is 11.1 Å². The molecule has 4 amide bonds. The molecule has 262 valence electrons. The number of benzene rings is 2. The summed E-state index contributed by atoms with van der Waals surface area (Å²) in [6.45, 7) is -1.38. The summed E-state index contributed by atoms with van der Waals surface area (Å²) in [6.07, 6.45) is -5.90. The number of aliphatic hydroxyl groups is 4. The summed E-state index contributed by atoms with van der Waals surface area (Å²) >= 11 is 0. The molecule has 10 unspecified atom stereocenters. The lowest BCUT2D eigenvalue weighted by Gasteiger charge is -2.51. The highest BCUT2D eigenvalue weighted by Crippen LogP contribution is 2.78. The van der Waals surface area contributed by atoms with Crippen molar-refractivity contribution in [3.05, 3.63) is 59.7 Å². The Morgan fingerprint density at radius 1 is 0.620 bits per heavy atom. The van der Waals surface area contributed by atoms with Gasteiger partial charge >= 0.3 is 0 Å². The standard InChI is InChI=1S/C30H28N6O8S6/c1-33-23(43)29-17(39)27(13-7-3-5-9-15(13)31-19(27)35(29)21(41)25(33,11-37)45-49-47-29)28-14-8-4-6-10-16(14)32-20(28)36-22(42)26(12-38)34(2)24(44)30(36,18(28)40)48-50-46-26/h3-10,17-20,31-32,37-40H,11-12H2,1-2H3. The number of nitrogens with one attached hydrogen (secondary N) is 2. The Kier molecular flexibility index (Phi) is 6.43. The molecule has 6 N–H and O–H groups in total. The van der Waals surface area contributed by atoms with Gasteiger partial charge < -0.3 is 40.9 Å². The number of piperazine rings is 2. The third-order valence-electron chi connectivity index (χ3n) is 12.2. The fourth-order valence-corrected chi connectivity index (χ4v) is 21.7. The number of aliphatic hydroxyl groups excluding tert-OH is 4. The van der Waals surface area contributed by atoms with E-state index in [9.17, 15) is 39.6 Å². The predicted molar refractivity (Wildman–Crippen MR) is 193 cm³/mol. The van der Waals surface area contributed by atoms with Crippen molar-refractivity contribution in [2.75, 3.05) is 37.9 Å². The molecule has 10 aliphatic heterocycles. The van der Waals surface area contributed by atoms with E-state index in [-0.39, 0.29) is 0 Å². The van der Waals surface area contributed by atoms with Crippen molar-refractivity contribution in [1.29, 1.82) is 0 Å². The SMILES string of the molecule is CN1C(=O)C23SSSC1(CO)C(=O)N2C1Nc2ccccc2C1(C12c4ccccc4NC1N1C(=O)C4(CO)SSSC1(C(=O)N4C)C2O)C3O. The summed E-state index contributed by atoms with van der Waals surface area (Å²) in [4.78, 5) is 57.5. The summed E-state index contributed by atoms with van der Waals surface area (Å²) in [5.41, 5.74) is -1.54. The maximum atomic E-state index is 15.0. The first-order chi connectivity index (χ1) is 24.0. The van der Waals surface area contributed by atoms with E-state index in [0.29, 0.717) is 22.5 Å². The summed E-state index contributed by atoms with van der Waals surface area (Å²) in [5.74, 6) is -2.40. The highest BCUT2D eigenvalue weighted by Gasteiger charge is 2.92. The normalized spacial score (nSPS) is 44.7. The van der Waals surface area contributed by atoms with Crippen LogP contribution >= 0.6 is 62.8 Å². The van der Waals surface area contributed by atoms with Gasteiger partial charge in [-0.15, -0.1) is 0 Å². The van der Waals surface area contributed by atoms with Crippen LogP contribution in [0.5, 0.6) is 0 Å². The minimum absolute atomic E-state index is 0.492. The van der Waals surface area contributed by atoms with E-state index in [1.54, 1.807) is 48.5 Å². The van der Waals surface area contributed by atoms with Crippen LogP contribution in [-0.2, 0) is 30.0 Å². The maximum absolute atomic E-state index is 15.0. The predicted octanol–water partition coefficient (Wildman–Crippen LogP) is 0.572. The van der Waals surface area contributed by atoms with Gasteiger partial charge in [0.25, 0.3) is 23.6 Å². The summed E-state index contributed by atoms with van der Waals surface area (Å²) in [6, 6.07) is 14.3. The quantitative estimate of drug-likeness (QED) is 0.237. The number of anilines is 2. The minimum atomic E-state index is -1.95. The molecule has 10 atom stereocenters. The van der Waals surface area contributed by atoms with Crippen molar-refractivity contribution < 1.29 is 39.6 Å². The van der Waals surface area contributed by atoms with Gasteiger partial charge in [-0.2, -0.15) is 0 Å². The first kappa shape index (κ1) is 32.5. The van der Waals surface area contributed by atoms with E-state index in [1.807, 2.05) is 0 Å². The molecule has 0 aromatic heterocycles. The molecule has 8 fully saturated rings. The Labute approximate surface area is 307 Å². The van der Waals surface area contributed by atoms with Crippen LogP contribution in [0.4, 0.5) is 11.4 Å². The summed E-state index contributed by atoms with van der Waals surface area (Å²) in [7, 11) is 9.25. The second-order valence-corrected chi connectivity index (χ2v) is 22.4. The van der Waals surface area contributed by atoms with Gasteiger partial charge in [0.15, 0.2) is 0 Å². The van der Waals surface area contributed by atoms with Gasteiger partial charge in [0.2, 0.25) is 19.5 Å². The molecule has 4 bridgehead atoms. The van der Waals surface area contributed by atoms with Gasteiger partial charge in [-0.1, -0.05) is 36.4 Å². The molecule has 0 aliphatic carbocycles. The molecule has 0 saturated carbocycles. The lowest BCUT2D eigenvalue weighted by molar-refractivity contribution is -0.168. The number of rotatable bonds is 3. The van der Waals surface area contributed by atoms with E-state index in [0.717, 1.165) is 62.8 Å². The molecule has 2 aromatic rings. The van der Waals surface area contributed by atoms with Crippen LogP contribution in [-0.4, -0.2) is 135 Å². The fraction of sp³-hybridized carbons (Fsp3) is 0.467. The van der Waals surface area contributed by atoms with E-state index >= 15 is 0 Å². The highest BCUT2D eigenvalue weighted by atomic mass is 33.5. The Bertz CT molecular complexity index is 1850. The van der Waals surface area contributed by atoms with E-state index in [2.05, 4.69) is 10.6 Å². The van der Waals surface area contributed by atoms with Crippen LogP contribution in [0.3, 0.4) is 0 Å². The molecule has 2 spiro atoms. The van der Waals surface area contributed by atoms with Crippen molar-refractivity contribution in [2.45, 2.75) is 54.9 Å². The Hall–Kier alpha value is -2.14. The number of para-hydroxylation sites is 2. The second kappa shape index (κ2) is 9.88. The Balaban J connectivity index is 1.34. The smallest absolute Gasteiger partial charge is 0.265 e. The van der Waals surface area contributed by atoms with E-state index in [4.69, 9.17) is 0 Å². The number of hydrogen-bond acceptors (Lipinski definition) is 16. The molecule has 10 heterocycles. The molecule has 20 heteroatoms. The zero-order valence-electron chi connectivity index (χ0n) is 26.0. The topological polar surface area (TPSA) is 186 Å². The minimum Gasteiger partial charge on any atom is -0.392 e. The Morgan fingerprint density at radius 3 is 1.38 bits per heavy atom. The van der Waals surface area contributed by atoms with Crippen molar-refractivity contribution in [1.82, 2.24) is 19.6 Å². The number of likely N-dealkylation sites (N-methyl/N-ethyl adjacent to an activating group) is 2. The van der Waals surface area contributed by atoms with Gasteiger partial charge in [0.1, 0.15) is 24.5 Å². The van der Waals surface area contributed by atoms with Crippen molar-refractivity contribution in [2.24, 2.45) is 0 Å². The van der Waals surface area contributed by atoms with Gasteiger partial charge in [-0.3, -0.25) is 29.0 Å². The third kappa shape index (κ3) is 2.88. The zero-order chi connectivity index (χ0) is 35.0. The number of hydrogen-bond donors (Lipinski definition) is 6. The number of fused-ring (bicyclic) bond motifs is 13. The third-order valence-corrected chi connectivity index (χ3v) is 22.3. The highest BCUT2D eigenvalue weighted by molar-refractivity contribution is 9.10. The van der Waals surface area contributed by atoms with Gasteiger partial charge in [-0.25, -0.2) is 0 Å². The second-order valence-electron chi connectivity index (χ2n) is 13.6.